The fourth-order valence-electron chi connectivity index (χ4n) is 3.26. The molecular formula is C14H28N2. The van der Waals surface area contributed by atoms with E-state index in [1.54, 1.807) is 0 Å². The topological polar surface area (TPSA) is 29.3 Å². The predicted octanol–water partition coefficient (Wildman–Crippen LogP) is 2.63. The summed E-state index contributed by atoms with van der Waals surface area (Å²) in [6.45, 7) is 2.39. The molecule has 0 aromatic heterocycles. The van der Waals surface area contributed by atoms with Crippen LogP contribution in [0.2, 0.25) is 0 Å². The highest BCUT2D eigenvalue weighted by atomic mass is 15.1. The third-order valence-electron chi connectivity index (χ3n) is 4.57. The van der Waals surface area contributed by atoms with Crippen molar-refractivity contribution in [3.05, 3.63) is 0 Å². The molecular weight excluding hydrogens is 196 g/mol. The van der Waals surface area contributed by atoms with Crippen LogP contribution in [0.4, 0.5) is 0 Å². The van der Waals surface area contributed by atoms with Crippen LogP contribution in [0.15, 0.2) is 0 Å². The Balaban J connectivity index is 1.65. The summed E-state index contributed by atoms with van der Waals surface area (Å²) in [5, 5.41) is 0. The minimum absolute atomic E-state index is 0.422. The molecule has 1 unspecified atom stereocenters. The van der Waals surface area contributed by atoms with Crippen molar-refractivity contribution in [1.82, 2.24) is 4.90 Å². The van der Waals surface area contributed by atoms with Gasteiger partial charge in [-0.2, -0.15) is 0 Å². The van der Waals surface area contributed by atoms with Crippen molar-refractivity contribution in [3.8, 4) is 0 Å². The first-order chi connectivity index (χ1) is 7.75. The van der Waals surface area contributed by atoms with E-state index in [1.807, 2.05) is 0 Å². The van der Waals surface area contributed by atoms with Crippen LogP contribution < -0.4 is 5.73 Å². The van der Waals surface area contributed by atoms with Crippen molar-refractivity contribution in [2.24, 2.45) is 17.6 Å². The van der Waals surface area contributed by atoms with Gasteiger partial charge in [0, 0.05) is 19.1 Å². The van der Waals surface area contributed by atoms with E-state index in [0.717, 1.165) is 18.4 Å². The summed E-state index contributed by atoms with van der Waals surface area (Å²) in [5.74, 6) is 1.78. The number of hydrogen-bond acceptors (Lipinski definition) is 2. The summed E-state index contributed by atoms with van der Waals surface area (Å²) in [7, 11) is 2.25. The van der Waals surface area contributed by atoms with Gasteiger partial charge in [0.1, 0.15) is 0 Å². The quantitative estimate of drug-likeness (QED) is 0.778. The lowest BCUT2D eigenvalue weighted by Crippen LogP contribution is -2.43. The van der Waals surface area contributed by atoms with E-state index in [0.29, 0.717) is 6.04 Å². The van der Waals surface area contributed by atoms with E-state index in [9.17, 15) is 0 Å². The minimum atomic E-state index is 0.422. The van der Waals surface area contributed by atoms with E-state index < -0.39 is 0 Å². The summed E-state index contributed by atoms with van der Waals surface area (Å²) in [5.41, 5.74) is 6.34. The van der Waals surface area contributed by atoms with Crippen molar-refractivity contribution in [2.75, 3.05) is 20.1 Å². The maximum Gasteiger partial charge on any atom is 0.0196 e. The molecule has 2 rings (SSSR count). The van der Waals surface area contributed by atoms with Gasteiger partial charge >= 0.3 is 0 Å². The largest absolute Gasteiger partial charge is 0.326 e. The van der Waals surface area contributed by atoms with Gasteiger partial charge in [0.05, 0.1) is 0 Å². The standard InChI is InChI=1S/C14H28N2/c1-16(10-12-6-5-7-12)11-14(15)13-8-3-2-4-9-13/h12-14H,2-11,15H2,1H3. The smallest absolute Gasteiger partial charge is 0.0196 e. The van der Waals surface area contributed by atoms with E-state index in [4.69, 9.17) is 5.73 Å². The van der Waals surface area contributed by atoms with Crippen molar-refractivity contribution >= 4 is 0 Å². The Labute approximate surface area is 101 Å². The monoisotopic (exact) mass is 224 g/mol. The van der Waals surface area contributed by atoms with Crippen molar-refractivity contribution in [1.29, 1.82) is 0 Å². The highest BCUT2D eigenvalue weighted by Gasteiger charge is 2.24. The van der Waals surface area contributed by atoms with Gasteiger partial charge in [-0.3, -0.25) is 0 Å². The normalized spacial score (nSPS) is 25.7. The average Bonchev–Trinajstić information content (AvgIpc) is 2.25. The molecule has 0 aromatic carbocycles. The molecule has 0 radical (unpaired) electrons. The molecule has 2 aliphatic rings. The molecule has 0 saturated heterocycles. The molecule has 2 aliphatic carbocycles. The summed E-state index contributed by atoms with van der Waals surface area (Å²) < 4.78 is 0. The Morgan fingerprint density at radius 3 is 2.31 bits per heavy atom. The summed E-state index contributed by atoms with van der Waals surface area (Å²) in [4.78, 5) is 2.48. The summed E-state index contributed by atoms with van der Waals surface area (Å²) in [6.07, 6.45) is 11.3. The van der Waals surface area contributed by atoms with Crippen LogP contribution in [-0.4, -0.2) is 31.1 Å². The average molecular weight is 224 g/mol. The molecule has 0 aliphatic heterocycles. The maximum absolute atomic E-state index is 6.34. The van der Waals surface area contributed by atoms with Crippen molar-refractivity contribution in [3.63, 3.8) is 0 Å². The van der Waals surface area contributed by atoms with Gasteiger partial charge < -0.3 is 10.6 Å². The van der Waals surface area contributed by atoms with Crippen molar-refractivity contribution in [2.45, 2.75) is 57.4 Å². The zero-order chi connectivity index (χ0) is 11.4. The fraction of sp³-hybridized carbons (Fsp3) is 1.00. The summed E-state index contributed by atoms with van der Waals surface area (Å²) >= 11 is 0. The molecule has 0 aromatic rings. The molecule has 0 bridgehead atoms. The van der Waals surface area contributed by atoms with Gasteiger partial charge in [0.25, 0.3) is 0 Å². The first kappa shape index (κ1) is 12.4. The van der Waals surface area contributed by atoms with Gasteiger partial charge in [0.15, 0.2) is 0 Å². The molecule has 2 N–H and O–H groups in total. The molecule has 0 amide bonds. The second-order valence-electron chi connectivity index (χ2n) is 6.08. The Morgan fingerprint density at radius 1 is 1.06 bits per heavy atom. The van der Waals surface area contributed by atoms with Crippen LogP contribution in [0, 0.1) is 11.8 Å². The Hall–Kier alpha value is -0.0800. The molecule has 0 spiro atoms. The first-order valence-corrected chi connectivity index (χ1v) is 7.20. The molecule has 2 nitrogen and oxygen atoms in total. The molecule has 16 heavy (non-hydrogen) atoms. The summed E-state index contributed by atoms with van der Waals surface area (Å²) in [6, 6.07) is 0.422. The van der Waals surface area contributed by atoms with Gasteiger partial charge in [-0.25, -0.2) is 0 Å². The predicted molar refractivity (Wildman–Crippen MR) is 69.4 cm³/mol. The number of nitrogens with zero attached hydrogens (tertiary/aromatic N) is 1. The SMILES string of the molecule is CN(CC1CCC1)CC(N)C1CCCCC1. The zero-order valence-electron chi connectivity index (χ0n) is 10.8. The highest BCUT2D eigenvalue weighted by Crippen LogP contribution is 2.28. The van der Waals surface area contributed by atoms with Crippen LogP contribution in [0.5, 0.6) is 0 Å². The lowest BCUT2D eigenvalue weighted by Gasteiger charge is -2.34. The van der Waals surface area contributed by atoms with E-state index in [-0.39, 0.29) is 0 Å². The first-order valence-electron chi connectivity index (χ1n) is 7.20. The van der Waals surface area contributed by atoms with Gasteiger partial charge in [0.2, 0.25) is 0 Å². The van der Waals surface area contributed by atoms with Gasteiger partial charge in [-0.05, 0) is 44.6 Å². The third kappa shape index (κ3) is 3.46. The molecule has 2 fully saturated rings. The molecule has 1 atom stereocenters. The maximum atomic E-state index is 6.34. The van der Waals surface area contributed by atoms with Crippen LogP contribution in [0.3, 0.4) is 0 Å². The van der Waals surface area contributed by atoms with Crippen LogP contribution in [0.1, 0.15) is 51.4 Å². The molecule has 0 heterocycles. The van der Waals surface area contributed by atoms with Gasteiger partial charge in [-0.1, -0.05) is 25.7 Å². The number of rotatable bonds is 5. The highest BCUT2D eigenvalue weighted by molar-refractivity contribution is 4.80. The fourth-order valence-corrected chi connectivity index (χ4v) is 3.26. The van der Waals surface area contributed by atoms with Crippen LogP contribution in [0.25, 0.3) is 0 Å². The minimum Gasteiger partial charge on any atom is -0.326 e. The third-order valence-corrected chi connectivity index (χ3v) is 4.57. The Bertz CT molecular complexity index is 195. The molecule has 94 valence electrons. The molecule has 2 saturated carbocycles. The number of hydrogen-bond donors (Lipinski definition) is 1. The second kappa shape index (κ2) is 6.02. The lowest BCUT2D eigenvalue weighted by atomic mass is 9.83. The van der Waals surface area contributed by atoms with Gasteiger partial charge in [-0.15, -0.1) is 0 Å². The Kier molecular flexibility index (Phi) is 4.66. The van der Waals surface area contributed by atoms with Crippen LogP contribution in [-0.2, 0) is 0 Å². The van der Waals surface area contributed by atoms with E-state index >= 15 is 0 Å². The van der Waals surface area contributed by atoms with E-state index in [2.05, 4.69) is 11.9 Å². The number of likely N-dealkylation sites (N-methyl/N-ethyl adjacent to an activating group) is 1. The lowest BCUT2D eigenvalue weighted by molar-refractivity contribution is 0.176. The van der Waals surface area contributed by atoms with Crippen LogP contribution >= 0.6 is 0 Å². The second-order valence-corrected chi connectivity index (χ2v) is 6.08. The zero-order valence-corrected chi connectivity index (χ0v) is 10.8. The van der Waals surface area contributed by atoms with Crippen molar-refractivity contribution < 1.29 is 0 Å². The Morgan fingerprint density at radius 2 is 1.75 bits per heavy atom. The van der Waals surface area contributed by atoms with E-state index in [1.165, 1.54) is 57.9 Å². The number of nitrogens with two attached hydrogens (primary N) is 1. The molecule has 2 heteroatoms.